The third kappa shape index (κ3) is 3.02. The molecule has 0 bridgehead atoms. The third-order valence-corrected chi connectivity index (χ3v) is 3.12. The Labute approximate surface area is 111 Å². The Morgan fingerprint density at radius 3 is 2.53 bits per heavy atom. The number of aryl methyl sites for hydroxylation is 1. The largest absolute Gasteiger partial charge is 0.398 e. The molecule has 4 heteroatoms. The lowest BCUT2D eigenvalue weighted by molar-refractivity contribution is 0.617. The van der Waals surface area contributed by atoms with Crippen LogP contribution >= 0.6 is 0 Å². The van der Waals surface area contributed by atoms with Crippen LogP contribution in [0.25, 0.3) is 0 Å². The Balaban J connectivity index is 2.16. The van der Waals surface area contributed by atoms with Gasteiger partial charge in [-0.2, -0.15) is 0 Å². The molecule has 0 saturated carbocycles. The number of anilines is 2. The first kappa shape index (κ1) is 13.3. The molecule has 2 aromatic rings. The molecule has 2 rings (SSSR count). The molecule has 0 radical (unpaired) electrons. The summed E-state index contributed by atoms with van der Waals surface area (Å²) in [6.07, 6.45) is 0. The van der Waals surface area contributed by atoms with Crippen molar-refractivity contribution >= 4 is 11.4 Å². The predicted octanol–water partition coefficient (Wildman–Crippen LogP) is 3.78. The Kier molecular flexibility index (Phi) is 3.69. The summed E-state index contributed by atoms with van der Waals surface area (Å²) in [4.78, 5) is 0. The number of halogens is 2. The zero-order valence-corrected chi connectivity index (χ0v) is 10.9. The first-order chi connectivity index (χ1) is 8.97. The van der Waals surface area contributed by atoms with Crippen molar-refractivity contribution in [1.29, 1.82) is 0 Å². The molecule has 0 amide bonds. The minimum Gasteiger partial charge on any atom is -0.398 e. The summed E-state index contributed by atoms with van der Waals surface area (Å²) in [6.45, 7) is 4.03. The fourth-order valence-corrected chi connectivity index (χ4v) is 1.90. The molecule has 0 aliphatic rings. The first-order valence-corrected chi connectivity index (χ1v) is 6.02. The highest BCUT2D eigenvalue weighted by molar-refractivity contribution is 5.63. The van der Waals surface area contributed by atoms with Gasteiger partial charge in [0.1, 0.15) is 11.6 Å². The van der Waals surface area contributed by atoms with E-state index in [0.717, 1.165) is 11.1 Å². The van der Waals surface area contributed by atoms with Gasteiger partial charge in [0, 0.05) is 17.9 Å². The summed E-state index contributed by atoms with van der Waals surface area (Å²) in [7, 11) is 0. The van der Waals surface area contributed by atoms with Gasteiger partial charge in [-0.15, -0.1) is 0 Å². The summed E-state index contributed by atoms with van der Waals surface area (Å²) in [5.41, 5.74) is 9.10. The second kappa shape index (κ2) is 5.26. The molecule has 0 aromatic heterocycles. The third-order valence-electron chi connectivity index (χ3n) is 3.12. The standard InChI is InChI=1S/C15H16F2N2/c1-9-5-11(3-4-13(9)17)8-19-15-7-12(16)6-14(18)10(15)2/h3-7,19H,8,18H2,1-2H3. The second-order valence-electron chi connectivity index (χ2n) is 4.60. The average molecular weight is 262 g/mol. The summed E-state index contributed by atoms with van der Waals surface area (Å²) in [5, 5.41) is 3.12. The monoisotopic (exact) mass is 262 g/mol. The molecule has 0 saturated heterocycles. The van der Waals surface area contributed by atoms with Crippen LogP contribution in [0.5, 0.6) is 0 Å². The van der Waals surface area contributed by atoms with Crippen LogP contribution in [0.3, 0.4) is 0 Å². The Hall–Kier alpha value is -2.10. The van der Waals surface area contributed by atoms with Gasteiger partial charge in [0.05, 0.1) is 0 Å². The number of benzene rings is 2. The smallest absolute Gasteiger partial charge is 0.127 e. The fourth-order valence-electron chi connectivity index (χ4n) is 1.90. The molecule has 0 aliphatic carbocycles. The van der Waals surface area contributed by atoms with Gasteiger partial charge < -0.3 is 11.1 Å². The molecule has 2 aromatic carbocycles. The Morgan fingerprint density at radius 1 is 1.11 bits per heavy atom. The van der Waals surface area contributed by atoms with Crippen LogP contribution in [0, 0.1) is 25.5 Å². The SMILES string of the molecule is Cc1cc(CNc2cc(F)cc(N)c2C)ccc1F. The average Bonchev–Trinajstić information content (AvgIpc) is 2.36. The van der Waals surface area contributed by atoms with Gasteiger partial charge in [-0.25, -0.2) is 8.78 Å². The molecular formula is C15H16F2N2. The number of hydrogen-bond donors (Lipinski definition) is 2. The first-order valence-electron chi connectivity index (χ1n) is 6.02. The summed E-state index contributed by atoms with van der Waals surface area (Å²) >= 11 is 0. The van der Waals surface area contributed by atoms with E-state index in [2.05, 4.69) is 5.32 Å². The molecule has 3 N–H and O–H groups in total. The number of nitrogens with two attached hydrogens (primary N) is 1. The van der Waals surface area contributed by atoms with E-state index >= 15 is 0 Å². The van der Waals surface area contributed by atoms with Crippen molar-refractivity contribution < 1.29 is 8.78 Å². The lowest BCUT2D eigenvalue weighted by Crippen LogP contribution is -2.04. The van der Waals surface area contributed by atoms with Crippen molar-refractivity contribution in [1.82, 2.24) is 0 Å². The molecule has 0 atom stereocenters. The van der Waals surface area contributed by atoms with Crippen LogP contribution in [0.15, 0.2) is 30.3 Å². The molecular weight excluding hydrogens is 246 g/mol. The minimum absolute atomic E-state index is 0.227. The van der Waals surface area contributed by atoms with E-state index in [4.69, 9.17) is 5.73 Å². The lowest BCUT2D eigenvalue weighted by Gasteiger charge is -2.12. The Morgan fingerprint density at radius 2 is 1.84 bits per heavy atom. The van der Waals surface area contributed by atoms with E-state index in [1.54, 1.807) is 19.1 Å². The second-order valence-corrected chi connectivity index (χ2v) is 4.60. The zero-order chi connectivity index (χ0) is 14.0. The van der Waals surface area contributed by atoms with Crippen LogP contribution in [-0.4, -0.2) is 0 Å². The van der Waals surface area contributed by atoms with Crippen molar-refractivity contribution in [3.8, 4) is 0 Å². The topological polar surface area (TPSA) is 38.0 Å². The molecule has 0 heterocycles. The summed E-state index contributed by atoms with van der Waals surface area (Å²) < 4.78 is 26.4. The lowest BCUT2D eigenvalue weighted by atomic mass is 10.1. The molecule has 2 nitrogen and oxygen atoms in total. The maximum Gasteiger partial charge on any atom is 0.127 e. The maximum absolute atomic E-state index is 13.3. The highest BCUT2D eigenvalue weighted by Crippen LogP contribution is 2.23. The number of rotatable bonds is 3. The van der Waals surface area contributed by atoms with Crippen molar-refractivity contribution in [2.24, 2.45) is 0 Å². The number of nitrogens with one attached hydrogen (secondary N) is 1. The van der Waals surface area contributed by atoms with Gasteiger partial charge in [0.15, 0.2) is 0 Å². The Bertz CT molecular complexity index is 609. The number of nitrogen functional groups attached to an aromatic ring is 1. The zero-order valence-electron chi connectivity index (χ0n) is 10.9. The molecule has 0 fully saturated rings. The van der Waals surface area contributed by atoms with Gasteiger partial charge in [0.2, 0.25) is 0 Å². The predicted molar refractivity (Wildman–Crippen MR) is 74.0 cm³/mol. The van der Waals surface area contributed by atoms with Crippen molar-refractivity contribution in [2.75, 3.05) is 11.1 Å². The van der Waals surface area contributed by atoms with Crippen LogP contribution in [0.2, 0.25) is 0 Å². The van der Waals surface area contributed by atoms with Gasteiger partial charge in [-0.1, -0.05) is 12.1 Å². The van der Waals surface area contributed by atoms with Crippen LogP contribution in [-0.2, 0) is 6.54 Å². The summed E-state index contributed by atoms with van der Waals surface area (Å²) in [5.74, 6) is -0.601. The van der Waals surface area contributed by atoms with Gasteiger partial charge in [0.25, 0.3) is 0 Å². The molecule has 0 aliphatic heterocycles. The van der Waals surface area contributed by atoms with E-state index in [1.165, 1.54) is 18.2 Å². The van der Waals surface area contributed by atoms with Crippen LogP contribution < -0.4 is 11.1 Å². The highest BCUT2D eigenvalue weighted by Gasteiger charge is 2.05. The van der Waals surface area contributed by atoms with Crippen LogP contribution in [0.1, 0.15) is 16.7 Å². The van der Waals surface area contributed by atoms with Crippen molar-refractivity contribution in [2.45, 2.75) is 20.4 Å². The normalized spacial score (nSPS) is 10.5. The maximum atomic E-state index is 13.3. The van der Waals surface area contributed by atoms with E-state index in [-0.39, 0.29) is 11.6 Å². The van der Waals surface area contributed by atoms with E-state index in [9.17, 15) is 8.78 Å². The molecule has 0 spiro atoms. The molecule has 100 valence electrons. The van der Waals surface area contributed by atoms with Gasteiger partial charge in [-0.05, 0) is 48.7 Å². The van der Waals surface area contributed by atoms with Crippen molar-refractivity contribution in [3.05, 3.63) is 58.7 Å². The molecule has 19 heavy (non-hydrogen) atoms. The highest BCUT2D eigenvalue weighted by atomic mass is 19.1. The number of hydrogen-bond acceptors (Lipinski definition) is 2. The quantitative estimate of drug-likeness (QED) is 0.826. The van der Waals surface area contributed by atoms with Crippen molar-refractivity contribution in [3.63, 3.8) is 0 Å². The summed E-state index contributed by atoms with van der Waals surface area (Å²) in [6, 6.07) is 7.59. The molecule has 0 unspecified atom stereocenters. The minimum atomic E-state index is -0.374. The van der Waals surface area contributed by atoms with Gasteiger partial charge in [-0.3, -0.25) is 0 Å². The fraction of sp³-hybridized carbons (Fsp3) is 0.200. The van der Waals surface area contributed by atoms with E-state index in [0.29, 0.717) is 23.5 Å². The van der Waals surface area contributed by atoms with Crippen LogP contribution in [0.4, 0.5) is 20.2 Å². The van der Waals surface area contributed by atoms with Gasteiger partial charge >= 0.3 is 0 Å². The van der Waals surface area contributed by atoms with E-state index in [1.807, 2.05) is 6.92 Å². The van der Waals surface area contributed by atoms with E-state index < -0.39 is 0 Å².